The first-order valence-corrected chi connectivity index (χ1v) is 3.17. The summed E-state index contributed by atoms with van der Waals surface area (Å²) in [4.78, 5) is 9.95. The summed E-state index contributed by atoms with van der Waals surface area (Å²) < 4.78 is 26.9. The molecule has 0 aliphatic heterocycles. The van der Waals surface area contributed by atoms with Gasteiger partial charge in [-0.05, 0) is 13.3 Å². The van der Waals surface area contributed by atoms with Crippen LogP contribution in [0.5, 0.6) is 0 Å². The van der Waals surface area contributed by atoms with Gasteiger partial charge in [0.25, 0.3) is 0 Å². The molecule has 3 nitrogen and oxygen atoms in total. The van der Waals surface area contributed by atoms with Crippen LogP contribution in [0, 0.1) is 0 Å². The first kappa shape index (κ1) is 10.3. The minimum Gasteiger partial charge on any atom is -0.481 e. The van der Waals surface area contributed by atoms with Gasteiger partial charge in [-0.1, -0.05) is 0 Å². The van der Waals surface area contributed by atoms with Crippen molar-refractivity contribution in [3.05, 3.63) is 0 Å². The zero-order chi connectivity index (χ0) is 8.85. The predicted octanol–water partition coefficient (Wildman–Crippen LogP) is 1.48. The Balaban J connectivity index is 3.37. The number of carbonyl (C=O) groups is 1. The number of alkyl halides is 2. The van der Waals surface area contributed by atoms with Crippen LogP contribution < -0.4 is 0 Å². The van der Waals surface area contributed by atoms with Gasteiger partial charge in [-0.2, -0.15) is 8.78 Å². The smallest absolute Gasteiger partial charge is 0.345 e. The lowest BCUT2D eigenvalue weighted by Gasteiger charge is -2.09. The van der Waals surface area contributed by atoms with Crippen molar-refractivity contribution in [1.29, 1.82) is 0 Å². The maximum Gasteiger partial charge on any atom is 0.345 e. The SMILES string of the molecule is CC(CCC(=O)O)OC(F)F. The number of halogens is 2. The average Bonchev–Trinajstić information content (AvgIpc) is 1.82. The standard InChI is InChI=1S/C6H10F2O3/c1-4(11-6(7)8)2-3-5(9)10/h4,6H,2-3H2,1H3,(H,9,10). The lowest BCUT2D eigenvalue weighted by Crippen LogP contribution is -2.13. The van der Waals surface area contributed by atoms with E-state index in [-0.39, 0.29) is 12.8 Å². The highest BCUT2D eigenvalue weighted by atomic mass is 19.3. The number of hydrogen-bond acceptors (Lipinski definition) is 2. The molecule has 11 heavy (non-hydrogen) atoms. The fourth-order valence-corrected chi connectivity index (χ4v) is 0.570. The van der Waals surface area contributed by atoms with E-state index in [4.69, 9.17) is 5.11 Å². The molecule has 0 spiro atoms. The van der Waals surface area contributed by atoms with E-state index in [0.717, 1.165) is 0 Å². The maximum atomic E-state index is 11.4. The summed E-state index contributed by atoms with van der Waals surface area (Å²) in [5.41, 5.74) is 0. The van der Waals surface area contributed by atoms with Crippen LogP contribution in [0.25, 0.3) is 0 Å². The van der Waals surface area contributed by atoms with Gasteiger partial charge >= 0.3 is 12.6 Å². The summed E-state index contributed by atoms with van der Waals surface area (Å²) in [7, 11) is 0. The van der Waals surface area contributed by atoms with E-state index in [0.29, 0.717) is 0 Å². The van der Waals surface area contributed by atoms with Gasteiger partial charge in [0.1, 0.15) is 0 Å². The molecule has 0 bridgehead atoms. The van der Waals surface area contributed by atoms with Crippen molar-refractivity contribution >= 4 is 5.97 Å². The van der Waals surface area contributed by atoms with E-state index in [9.17, 15) is 13.6 Å². The molecule has 0 saturated carbocycles. The highest BCUT2D eigenvalue weighted by Crippen LogP contribution is 2.06. The zero-order valence-corrected chi connectivity index (χ0v) is 6.09. The second-order valence-electron chi connectivity index (χ2n) is 2.14. The Kier molecular flexibility index (Phi) is 4.69. The Morgan fingerprint density at radius 3 is 2.55 bits per heavy atom. The Morgan fingerprint density at radius 2 is 2.18 bits per heavy atom. The van der Waals surface area contributed by atoms with Crippen LogP contribution in [0.1, 0.15) is 19.8 Å². The Labute approximate surface area is 63.0 Å². The van der Waals surface area contributed by atoms with Crippen molar-refractivity contribution < 1.29 is 23.4 Å². The van der Waals surface area contributed by atoms with Crippen molar-refractivity contribution in [2.75, 3.05) is 0 Å². The molecule has 1 unspecified atom stereocenters. The Hall–Kier alpha value is -0.710. The van der Waals surface area contributed by atoms with Crippen LogP contribution in [0.15, 0.2) is 0 Å². The van der Waals surface area contributed by atoms with Crippen LogP contribution in [0.3, 0.4) is 0 Å². The van der Waals surface area contributed by atoms with E-state index < -0.39 is 18.7 Å². The molecule has 0 aromatic heterocycles. The predicted molar refractivity (Wildman–Crippen MR) is 33.4 cm³/mol. The molecule has 0 radical (unpaired) electrons. The highest BCUT2D eigenvalue weighted by Gasteiger charge is 2.10. The highest BCUT2D eigenvalue weighted by molar-refractivity contribution is 5.66. The molecule has 0 aliphatic rings. The number of carboxylic acids is 1. The largest absolute Gasteiger partial charge is 0.481 e. The number of hydrogen-bond donors (Lipinski definition) is 1. The van der Waals surface area contributed by atoms with Gasteiger partial charge in [0.2, 0.25) is 0 Å². The third-order valence-electron chi connectivity index (χ3n) is 1.10. The summed E-state index contributed by atoms with van der Waals surface area (Å²) in [6.45, 7) is -1.41. The van der Waals surface area contributed by atoms with Crippen molar-refractivity contribution in [3.8, 4) is 0 Å². The number of ether oxygens (including phenoxy) is 1. The van der Waals surface area contributed by atoms with Gasteiger partial charge in [-0.15, -0.1) is 0 Å². The van der Waals surface area contributed by atoms with Gasteiger partial charge in [-0.25, -0.2) is 0 Å². The molecule has 5 heteroatoms. The quantitative estimate of drug-likeness (QED) is 0.676. The third-order valence-corrected chi connectivity index (χ3v) is 1.10. The lowest BCUT2D eigenvalue weighted by molar-refractivity contribution is -0.162. The molecule has 66 valence electrons. The molecule has 1 atom stereocenters. The van der Waals surface area contributed by atoms with Crippen LogP contribution in [-0.4, -0.2) is 23.8 Å². The molecule has 0 amide bonds. The first-order valence-electron chi connectivity index (χ1n) is 3.17. The topological polar surface area (TPSA) is 46.5 Å². The lowest BCUT2D eigenvalue weighted by atomic mass is 10.2. The second-order valence-corrected chi connectivity index (χ2v) is 2.14. The molecule has 0 fully saturated rings. The normalized spacial score (nSPS) is 13.5. The van der Waals surface area contributed by atoms with Gasteiger partial charge in [-0.3, -0.25) is 4.79 Å². The van der Waals surface area contributed by atoms with Crippen LogP contribution in [0.2, 0.25) is 0 Å². The van der Waals surface area contributed by atoms with E-state index in [1.165, 1.54) is 6.92 Å². The van der Waals surface area contributed by atoms with Crippen molar-refractivity contribution in [3.63, 3.8) is 0 Å². The van der Waals surface area contributed by atoms with E-state index in [1.807, 2.05) is 0 Å². The van der Waals surface area contributed by atoms with E-state index >= 15 is 0 Å². The van der Waals surface area contributed by atoms with Gasteiger partial charge in [0.15, 0.2) is 0 Å². The Morgan fingerprint density at radius 1 is 1.64 bits per heavy atom. The van der Waals surface area contributed by atoms with E-state index in [2.05, 4.69) is 4.74 Å². The molecule has 0 aliphatic carbocycles. The minimum atomic E-state index is -2.82. The van der Waals surface area contributed by atoms with Crippen LogP contribution in [-0.2, 0) is 9.53 Å². The number of aliphatic carboxylic acids is 1. The molecule has 0 aromatic carbocycles. The molecular weight excluding hydrogens is 158 g/mol. The fourth-order valence-electron chi connectivity index (χ4n) is 0.570. The first-order chi connectivity index (χ1) is 5.02. The van der Waals surface area contributed by atoms with Gasteiger partial charge in [0.05, 0.1) is 6.10 Å². The number of carboxylic acid groups (broad SMARTS) is 1. The molecule has 0 aromatic rings. The summed E-state index contributed by atoms with van der Waals surface area (Å²) in [5, 5.41) is 8.15. The Bertz CT molecular complexity index is 127. The van der Waals surface area contributed by atoms with Crippen LogP contribution in [0.4, 0.5) is 8.78 Å². The van der Waals surface area contributed by atoms with Crippen molar-refractivity contribution in [2.24, 2.45) is 0 Å². The summed E-state index contributed by atoms with van der Waals surface area (Å²) in [5.74, 6) is -1.00. The third kappa shape index (κ3) is 7.18. The molecular formula is C6H10F2O3. The minimum absolute atomic E-state index is 0.111. The summed E-state index contributed by atoms with van der Waals surface area (Å²) >= 11 is 0. The van der Waals surface area contributed by atoms with E-state index in [1.54, 1.807) is 0 Å². The van der Waals surface area contributed by atoms with Gasteiger partial charge in [0, 0.05) is 6.42 Å². The van der Waals surface area contributed by atoms with Gasteiger partial charge < -0.3 is 9.84 Å². The van der Waals surface area contributed by atoms with Crippen molar-refractivity contribution in [1.82, 2.24) is 0 Å². The molecule has 0 rings (SSSR count). The second kappa shape index (κ2) is 5.01. The zero-order valence-electron chi connectivity index (χ0n) is 6.09. The van der Waals surface area contributed by atoms with Crippen molar-refractivity contribution in [2.45, 2.75) is 32.5 Å². The summed E-state index contributed by atoms with van der Waals surface area (Å²) in [6.07, 6.45) is -0.737. The molecule has 0 saturated heterocycles. The fraction of sp³-hybridized carbons (Fsp3) is 0.833. The number of rotatable bonds is 5. The maximum absolute atomic E-state index is 11.4. The summed E-state index contributed by atoms with van der Waals surface area (Å²) in [6, 6.07) is 0. The monoisotopic (exact) mass is 168 g/mol. The average molecular weight is 168 g/mol. The molecule has 0 heterocycles. The molecule has 1 N–H and O–H groups in total. The van der Waals surface area contributed by atoms with Crippen LogP contribution >= 0.6 is 0 Å².